The van der Waals surface area contributed by atoms with Gasteiger partial charge in [-0.3, -0.25) is 9.59 Å². The fraction of sp³-hybridized carbons (Fsp3) is 0.321. The minimum atomic E-state index is -4.50. The molecule has 0 aliphatic carbocycles. The smallest absolute Gasteiger partial charge is 0.416 e. The quantitative estimate of drug-likeness (QED) is 0.261. The van der Waals surface area contributed by atoms with E-state index in [9.17, 15) is 27.6 Å². The molecule has 3 aromatic rings. The summed E-state index contributed by atoms with van der Waals surface area (Å²) in [6, 6.07) is 12.4. The summed E-state index contributed by atoms with van der Waals surface area (Å²) in [4.78, 5) is 38.4. The van der Waals surface area contributed by atoms with Gasteiger partial charge in [-0.05, 0) is 75.6 Å². The van der Waals surface area contributed by atoms with E-state index < -0.39 is 42.0 Å². The average Bonchev–Trinajstić information content (AvgIpc) is 3.17. The van der Waals surface area contributed by atoms with Gasteiger partial charge in [-0.2, -0.15) is 24.9 Å². The standard InChI is InChI=1S/C28H29F3N2O4S/c1-17-7-5-8-20(13-17)26(35)32-24(11-12-38-4)27(36)37-16-25(34)23-14-18(2)33(19(23)3)22-10-6-9-21(15-22)28(29,30)31/h5-10,13-15,24H,11-12,16H2,1-4H3,(H,32,35)/t24-/m0/s1. The monoisotopic (exact) mass is 546 g/mol. The van der Waals surface area contributed by atoms with Crippen LogP contribution < -0.4 is 5.32 Å². The molecule has 202 valence electrons. The van der Waals surface area contributed by atoms with E-state index in [0.29, 0.717) is 29.1 Å². The summed E-state index contributed by atoms with van der Waals surface area (Å²) in [5.74, 6) is -1.08. The molecule has 10 heteroatoms. The zero-order chi connectivity index (χ0) is 28.0. The lowest BCUT2D eigenvalue weighted by Crippen LogP contribution is -2.42. The highest BCUT2D eigenvalue weighted by atomic mass is 32.2. The third kappa shape index (κ3) is 7.06. The Bertz CT molecular complexity index is 1330. The molecule has 0 unspecified atom stereocenters. The molecule has 1 aromatic heterocycles. The van der Waals surface area contributed by atoms with Gasteiger partial charge in [0, 0.05) is 28.2 Å². The number of carbonyl (C=O) groups is 3. The van der Waals surface area contributed by atoms with Crippen LogP contribution in [0, 0.1) is 20.8 Å². The van der Waals surface area contributed by atoms with Gasteiger partial charge in [0.2, 0.25) is 5.78 Å². The number of hydrogen-bond donors (Lipinski definition) is 1. The number of esters is 1. The highest BCUT2D eigenvalue weighted by Gasteiger charge is 2.31. The van der Waals surface area contributed by atoms with Crippen molar-refractivity contribution >= 4 is 29.4 Å². The van der Waals surface area contributed by atoms with Crippen molar-refractivity contribution < 1.29 is 32.3 Å². The molecule has 0 aliphatic rings. The molecule has 0 fully saturated rings. The average molecular weight is 547 g/mol. The molecular formula is C28H29F3N2O4S. The van der Waals surface area contributed by atoms with Crippen LogP contribution in [0.4, 0.5) is 13.2 Å². The Labute approximate surface area is 223 Å². The maximum absolute atomic E-state index is 13.2. The third-order valence-corrected chi connectivity index (χ3v) is 6.63. The van der Waals surface area contributed by atoms with Crippen molar-refractivity contribution in [3.05, 3.63) is 88.2 Å². The molecule has 1 N–H and O–H groups in total. The molecule has 0 bridgehead atoms. The Morgan fingerprint density at radius 3 is 2.39 bits per heavy atom. The van der Waals surface area contributed by atoms with Crippen LogP contribution in [0.2, 0.25) is 0 Å². The molecule has 1 amide bonds. The van der Waals surface area contributed by atoms with E-state index in [0.717, 1.165) is 17.7 Å². The summed E-state index contributed by atoms with van der Waals surface area (Å²) < 4.78 is 46.4. The Morgan fingerprint density at radius 1 is 1.03 bits per heavy atom. The predicted molar refractivity (Wildman–Crippen MR) is 141 cm³/mol. The number of amides is 1. The second kappa shape index (κ2) is 12.3. The number of hydrogen-bond acceptors (Lipinski definition) is 5. The lowest BCUT2D eigenvalue weighted by atomic mass is 10.1. The third-order valence-electron chi connectivity index (χ3n) is 5.99. The number of thioether (sulfide) groups is 1. The Morgan fingerprint density at radius 2 is 1.74 bits per heavy atom. The zero-order valence-corrected chi connectivity index (χ0v) is 22.3. The summed E-state index contributed by atoms with van der Waals surface area (Å²) in [5, 5.41) is 2.69. The number of nitrogens with one attached hydrogen (secondary N) is 1. The van der Waals surface area contributed by atoms with Gasteiger partial charge in [-0.15, -0.1) is 0 Å². The van der Waals surface area contributed by atoms with E-state index in [2.05, 4.69) is 5.32 Å². The first-order valence-corrected chi connectivity index (χ1v) is 13.2. The first kappa shape index (κ1) is 29.0. The van der Waals surface area contributed by atoms with E-state index >= 15 is 0 Å². The van der Waals surface area contributed by atoms with E-state index in [1.54, 1.807) is 42.7 Å². The molecule has 38 heavy (non-hydrogen) atoms. The van der Waals surface area contributed by atoms with Crippen LogP contribution >= 0.6 is 11.8 Å². The molecule has 6 nitrogen and oxygen atoms in total. The van der Waals surface area contributed by atoms with Gasteiger partial charge < -0.3 is 14.6 Å². The molecule has 0 saturated heterocycles. The number of benzene rings is 2. The van der Waals surface area contributed by atoms with Crippen molar-refractivity contribution in [3.8, 4) is 5.69 Å². The van der Waals surface area contributed by atoms with Gasteiger partial charge in [-0.1, -0.05) is 23.8 Å². The number of ether oxygens (including phenoxy) is 1. The van der Waals surface area contributed by atoms with Crippen LogP contribution in [0.1, 0.15) is 49.7 Å². The molecule has 0 aliphatic heterocycles. The van der Waals surface area contributed by atoms with Gasteiger partial charge in [0.1, 0.15) is 6.04 Å². The van der Waals surface area contributed by atoms with Crippen LogP contribution in [-0.4, -0.2) is 46.9 Å². The van der Waals surface area contributed by atoms with Crippen molar-refractivity contribution in [2.45, 2.75) is 39.4 Å². The number of nitrogens with zero attached hydrogens (tertiary/aromatic N) is 1. The van der Waals surface area contributed by atoms with E-state index in [-0.39, 0.29) is 11.3 Å². The number of aryl methyl sites for hydroxylation is 2. The number of ketones is 1. The Kier molecular flexibility index (Phi) is 9.43. The van der Waals surface area contributed by atoms with Gasteiger partial charge in [0.25, 0.3) is 5.91 Å². The predicted octanol–water partition coefficient (Wildman–Crippen LogP) is 5.70. The lowest BCUT2D eigenvalue weighted by Gasteiger charge is -2.17. The first-order valence-electron chi connectivity index (χ1n) is 11.8. The highest BCUT2D eigenvalue weighted by Crippen LogP contribution is 2.31. The largest absolute Gasteiger partial charge is 0.456 e. The van der Waals surface area contributed by atoms with E-state index in [1.807, 2.05) is 19.2 Å². The molecule has 2 aromatic carbocycles. The molecule has 0 radical (unpaired) electrons. The van der Waals surface area contributed by atoms with Crippen molar-refractivity contribution in [2.24, 2.45) is 0 Å². The molecule has 3 rings (SSSR count). The number of Topliss-reactive ketones (excluding diaryl/α,β-unsaturated/α-hetero) is 1. The minimum absolute atomic E-state index is 0.233. The van der Waals surface area contributed by atoms with Crippen LogP contribution in [0.15, 0.2) is 54.6 Å². The fourth-order valence-electron chi connectivity index (χ4n) is 4.09. The van der Waals surface area contributed by atoms with Crippen molar-refractivity contribution in [2.75, 3.05) is 18.6 Å². The molecule has 1 heterocycles. The Hall–Kier alpha value is -3.53. The van der Waals surface area contributed by atoms with Crippen molar-refractivity contribution in [1.29, 1.82) is 0 Å². The number of carbonyl (C=O) groups excluding carboxylic acids is 3. The summed E-state index contributed by atoms with van der Waals surface area (Å²) in [7, 11) is 0. The van der Waals surface area contributed by atoms with Crippen LogP contribution in [0.5, 0.6) is 0 Å². The second-order valence-corrected chi connectivity index (χ2v) is 9.86. The zero-order valence-electron chi connectivity index (χ0n) is 21.5. The topological polar surface area (TPSA) is 77.4 Å². The first-order chi connectivity index (χ1) is 17.9. The van der Waals surface area contributed by atoms with Gasteiger partial charge >= 0.3 is 12.1 Å². The SMILES string of the molecule is CSCC[C@H](NC(=O)c1cccc(C)c1)C(=O)OCC(=O)c1cc(C)n(-c2cccc(C(F)(F)F)c2)c1C. The summed E-state index contributed by atoms with van der Waals surface area (Å²) in [6.07, 6.45) is -2.32. The maximum Gasteiger partial charge on any atom is 0.416 e. The van der Waals surface area contributed by atoms with Gasteiger partial charge in [0.15, 0.2) is 6.61 Å². The number of aromatic nitrogens is 1. The second-order valence-electron chi connectivity index (χ2n) is 8.88. The molecule has 0 saturated carbocycles. The van der Waals surface area contributed by atoms with Crippen LogP contribution in [0.3, 0.4) is 0 Å². The number of rotatable bonds is 10. The molecular weight excluding hydrogens is 517 g/mol. The highest BCUT2D eigenvalue weighted by molar-refractivity contribution is 7.98. The number of alkyl halides is 3. The summed E-state index contributed by atoms with van der Waals surface area (Å²) in [6.45, 7) is 4.58. The van der Waals surface area contributed by atoms with Crippen molar-refractivity contribution in [1.82, 2.24) is 9.88 Å². The fourth-order valence-corrected chi connectivity index (χ4v) is 4.56. The summed E-state index contributed by atoms with van der Waals surface area (Å²) >= 11 is 1.50. The normalized spacial score (nSPS) is 12.2. The van der Waals surface area contributed by atoms with E-state index in [4.69, 9.17) is 4.74 Å². The van der Waals surface area contributed by atoms with Crippen LogP contribution in [0.25, 0.3) is 5.69 Å². The van der Waals surface area contributed by atoms with Crippen molar-refractivity contribution in [3.63, 3.8) is 0 Å². The minimum Gasteiger partial charge on any atom is -0.456 e. The number of halogens is 3. The molecule has 1 atom stereocenters. The van der Waals surface area contributed by atoms with Gasteiger partial charge in [0.05, 0.1) is 5.56 Å². The van der Waals surface area contributed by atoms with E-state index in [1.165, 1.54) is 23.9 Å². The van der Waals surface area contributed by atoms with Gasteiger partial charge in [-0.25, -0.2) is 4.79 Å². The Balaban J connectivity index is 1.73. The molecule has 0 spiro atoms. The lowest BCUT2D eigenvalue weighted by molar-refractivity contribution is -0.144. The maximum atomic E-state index is 13.2. The van der Waals surface area contributed by atoms with Crippen LogP contribution in [-0.2, 0) is 15.7 Å². The summed E-state index contributed by atoms with van der Waals surface area (Å²) in [5.41, 5.74) is 1.99.